The van der Waals surface area contributed by atoms with Gasteiger partial charge < -0.3 is 0 Å². The Hall–Kier alpha value is 0.730. The summed E-state index contributed by atoms with van der Waals surface area (Å²) in [5.74, 6) is 0.922. The van der Waals surface area contributed by atoms with Gasteiger partial charge in [0.1, 0.15) is 0 Å². The number of rotatable bonds is 2. The molecule has 0 amide bonds. The highest BCUT2D eigenvalue weighted by molar-refractivity contribution is 14.1. The Labute approximate surface area is 53.5 Å². The van der Waals surface area contributed by atoms with Crippen LogP contribution in [0.3, 0.4) is 0 Å². The molecule has 0 bridgehead atoms. The molecule has 0 fully saturated rings. The topological polar surface area (TPSA) is 0 Å². The van der Waals surface area contributed by atoms with Crippen molar-refractivity contribution in [3.05, 3.63) is 0 Å². The second kappa shape index (κ2) is 3.90. The first kappa shape index (κ1) is 6.73. The van der Waals surface area contributed by atoms with E-state index in [0.29, 0.717) is 0 Å². The van der Waals surface area contributed by atoms with Crippen molar-refractivity contribution in [1.29, 1.82) is 0 Å². The first-order valence-electron chi connectivity index (χ1n) is 2.37. The lowest BCUT2D eigenvalue weighted by Gasteiger charge is -1.97. The van der Waals surface area contributed by atoms with Crippen LogP contribution in [0.4, 0.5) is 0 Å². The smallest absolute Gasteiger partial charge is 0.00209 e. The van der Waals surface area contributed by atoms with Crippen molar-refractivity contribution in [3.63, 3.8) is 0 Å². The molecule has 0 aromatic carbocycles. The summed E-state index contributed by atoms with van der Waals surface area (Å²) in [4.78, 5) is 0. The summed E-state index contributed by atoms with van der Waals surface area (Å²) in [6.07, 6.45) is 1.32. The number of halogens is 1. The molecule has 0 heterocycles. The number of alkyl halides is 1. The van der Waals surface area contributed by atoms with E-state index in [1.807, 2.05) is 0 Å². The highest BCUT2D eigenvalue weighted by atomic mass is 127. The Balaban J connectivity index is 2.75. The van der Waals surface area contributed by atoms with E-state index < -0.39 is 0 Å². The van der Waals surface area contributed by atoms with Crippen LogP contribution in [0, 0.1) is 5.92 Å². The van der Waals surface area contributed by atoms with Gasteiger partial charge in [-0.3, -0.25) is 0 Å². The lowest BCUT2D eigenvalue weighted by atomic mass is 10.2. The highest BCUT2D eigenvalue weighted by Crippen LogP contribution is 2.02. The van der Waals surface area contributed by atoms with E-state index >= 15 is 0 Å². The first-order chi connectivity index (χ1) is 2.81. The molecule has 6 heavy (non-hydrogen) atoms. The Morgan fingerprint density at radius 2 is 2.17 bits per heavy atom. The van der Waals surface area contributed by atoms with Crippen LogP contribution in [0.2, 0.25) is 0 Å². The van der Waals surface area contributed by atoms with Gasteiger partial charge in [0.2, 0.25) is 0 Å². The third-order valence-corrected chi connectivity index (χ3v) is 2.46. The summed E-state index contributed by atoms with van der Waals surface area (Å²) in [6.45, 7) is 4.50. The monoisotopic (exact) mass is 198 g/mol. The van der Waals surface area contributed by atoms with Crippen LogP contribution in [0.25, 0.3) is 0 Å². The van der Waals surface area contributed by atoms with Crippen molar-refractivity contribution < 1.29 is 0 Å². The van der Waals surface area contributed by atoms with E-state index in [1.54, 1.807) is 0 Å². The molecule has 1 atom stereocenters. The van der Waals surface area contributed by atoms with Crippen molar-refractivity contribution in [3.8, 4) is 0 Å². The van der Waals surface area contributed by atoms with Crippen LogP contribution >= 0.6 is 22.6 Å². The Morgan fingerprint density at radius 1 is 1.67 bits per heavy atom. The van der Waals surface area contributed by atoms with Gasteiger partial charge in [-0.2, -0.15) is 0 Å². The maximum absolute atomic E-state index is 2.41. The third kappa shape index (κ3) is 2.94. The molecule has 0 saturated heterocycles. The summed E-state index contributed by atoms with van der Waals surface area (Å²) in [6, 6.07) is 0. The zero-order chi connectivity index (χ0) is 4.99. The maximum Gasteiger partial charge on any atom is 0.00209 e. The summed E-state index contributed by atoms with van der Waals surface area (Å²) in [5.41, 5.74) is 0. The molecule has 0 aromatic heterocycles. The minimum atomic E-state index is 0.922. The Bertz CT molecular complexity index is 23.1. The maximum atomic E-state index is 2.41. The fraction of sp³-hybridized carbons (Fsp3) is 1.00. The molecule has 0 nitrogen and oxygen atoms in total. The molecule has 0 aliphatic carbocycles. The normalized spacial score (nSPS) is 14.5. The summed E-state index contributed by atoms with van der Waals surface area (Å²) in [5, 5.41) is 0. The van der Waals surface area contributed by atoms with Gasteiger partial charge in [0.25, 0.3) is 0 Å². The van der Waals surface area contributed by atoms with Crippen LogP contribution in [0.1, 0.15) is 20.3 Å². The molecule has 0 N–H and O–H groups in total. The molecular weight excluding hydrogens is 187 g/mol. The lowest BCUT2D eigenvalue weighted by molar-refractivity contribution is 0.646. The minimum Gasteiger partial charge on any atom is -0.0861 e. The minimum absolute atomic E-state index is 0.922. The lowest BCUT2D eigenvalue weighted by Crippen LogP contribution is -1.89. The molecule has 0 radical (unpaired) electrons. The highest BCUT2D eigenvalue weighted by Gasteiger charge is 1.90. The van der Waals surface area contributed by atoms with E-state index in [9.17, 15) is 0 Å². The van der Waals surface area contributed by atoms with E-state index in [1.165, 1.54) is 10.8 Å². The fourth-order valence-corrected chi connectivity index (χ4v) is 0.732. The predicted octanol–water partition coefficient (Wildman–Crippen LogP) is 2.47. The zero-order valence-electron chi connectivity index (χ0n) is 4.37. The van der Waals surface area contributed by atoms with Crippen molar-refractivity contribution in [2.45, 2.75) is 20.3 Å². The van der Waals surface area contributed by atoms with Gasteiger partial charge in [0.15, 0.2) is 0 Å². The summed E-state index contributed by atoms with van der Waals surface area (Å²) in [7, 11) is 0. The quantitative estimate of drug-likeness (QED) is 0.472. The van der Waals surface area contributed by atoms with Crippen molar-refractivity contribution in [2.75, 3.05) is 4.43 Å². The number of hydrogen-bond acceptors (Lipinski definition) is 0. The second-order valence-electron chi connectivity index (χ2n) is 1.67. The molecule has 0 saturated carbocycles. The van der Waals surface area contributed by atoms with Crippen LogP contribution in [0.15, 0.2) is 0 Å². The van der Waals surface area contributed by atoms with E-state index in [4.69, 9.17) is 0 Å². The number of hydrogen-bond donors (Lipinski definition) is 0. The molecule has 0 aliphatic heterocycles. The zero-order valence-corrected chi connectivity index (χ0v) is 6.53. The first-order valence-corrected chi connectivity index (χ1v) is 3.89. The molecule has 0 spiro atoms. The van der Waals surface area contributed by atoms with Crippen LogP contribution in [0.5, 0.6) is 0 Å². The standard InChI is InChI=1S/C5H11I/c1-3-5(2)4-6/h5H,3-4H2,1-2H3/t5-/m1/s1. The van der Waals surface area contributed by atoms with Gasteiger partial charge in [0.05, 0.1) is 0 Å². The van der Waals surface area contributed by atoms with E-state index in [0.717, 1.165) is 5.92 Å². The molecule has 38 valence electrons. The van der Waals surface area contributed by atoms with Crippen molar-refractivity contribution in [2.24, 2.45) is 5.92 Å². The van der Waals surface area contributed by atoms with Crippen molar-refractivity contribution in [1.82, 2.24) is 0 Å². The summed E-state index contributed by atoms with van der Waals surface area (Å²) >= 11 is 2.41. The van der Waals surface area contributed by atoms with Gasteiger partial charge in [-0.15, -0.1) is 0 Å². The van der Waals surface area contributed by atoms with Gasteiger partial charge in [-0.25, -0.2) is 0 Å². The summed E-state index contributed by atoms with van der Waals surface area (Å²) < 4.78 is 1.30. The SMILES string of the molecule is CC[C@@H](C)CI. The van der Waals surface area contributed by atoms with Gasteiger partial charge in [0, 0.05) is 4.43 Å². The Kier molecular flexibility index (Phi) is 4.38. The largest absolute Gasteiger partial charge is 0.0861 e. The Morgan fingerprint density at radius 3 is 2.17 bits per heavy atom. The molecule has 0 aliphatic rings. The van der Waals surface area contributed by atoms with Crippen LogP contribution < -0.4 is 0 Å². The van der Waals surface area contributed by atoms with Gasteiger partial charge in [-0.05, 0) is 5.92 Å². The van der Waals surface area contributed by atoms with Gasteiger partial charge in [-0.1, -0.05) is 42.9 Å². The fourth-order valence-electron chi connectivity index (χ4n) is 0.109. The van der Waals surface area contributed by atoms with Crippen LogP contribution in [-0.4, -0.2) is 4.43 Å². The van der Waals surface area contributed by atoms with E-state index in [2.05, 4.69) is 36.4 Å². The van der Waals surface area contributed by atoms with Crippen LogP contribution in [-0.2, 0) is 0 Å². The van der Waals surface area contributed by atoms with Crippen molar-refractivity contribution >= 4 is 22.6 Å². The van der Waals surface area contributed by atoms with E-state index in [-0.39, 0.29) is 0 Å². The average molecular weight is 198 g/mol. The molecular formula is C5H11I. The third-order valence-electron chi connectivity index (χ3n) is 0.960. The predicted molar refractivity (Wildman–Crippen MR) is 38.3 cm³/mol. The van der Waals surface area contributed by atoms with Gasteiger partial charge >= 0.3 is 0 Å². The average Bonchev–Trinajstić information content (AvgIpc) is 1.65. The molecule has 0 rings (SSSR count). The molecule has 0 unspecified atom stereocenters. The second-order valence-corrected chi connectivity index (χ2v) is 2.55. The molecule has 1 heteroatoms. The molecule has 0 aromatic rings.